The van der Waals surface area contributed by atoms with E-state index >= 15 is 0 Å². The van der Waals surface area contributed by atoms with Crippen molar-refractivity contribution in [3.63, 3.8) is 0 Å². The number of carboxylic acid groups (broad SMARTS) is 1. The van der Waals surface area contributed by atoms with Gasteiger partial charge in [-0.2, -0.15) is 0 Å². The number of carboxylic acids is 1. The summed E-state index contributed by atoms with van der Waals surface area (Å²) in [6.45, 7) is 13.3. The average Bonchev–Trinajstić information content (AvgIpc) is 2.81. The molecule has 0 radical (unpaired) electrons. The maximum Gasteiger partial charge on any atom is 0.0770 e. The highest BCUT2D eigenvalue weighted by Crippen LogP contribution is 2.09. The Labute approximate surface area is 208 Å². The molecule has 0 aromatic heterocycles. The quantitative estimate of drug-likeness (QED) is 0.122. The zero-order valence-electron chi connectivity index (χ0n) is 23.2. The molecule has 0 heterocycles. The van der Waals surface area contributed by atoms with Gasteiger partial charge in [-0.1, -0.05) is 110 Å². The largest absolute Gasteiger partial charge is 0.550 e. The van der Waals surface area contributed by atoms with Gasteiger partial charge in [-0.3, -0.25) is 0 Å². The number of carbonyl (C=O) groups is 1. The second-order valence-electron chi connectivity index (χ2n) is 9.77. The number of quaternary nitrogens is 1. The number of unbranched alkanes of at least 4 members (excludes halogenated alkanes) is 14. The summed E-state index contributed by atoms with van der Waals surface area (Å²) in [6, 6.07) is 0. The summed E-state index contributed by atoms with van der Waals surface area (Å²) in [6.07, 6.45) is 29.2. The van der Waals surface area contributed by atoms with E-state index in [0.29, 0.717) is 0 Å². The van der Waals surface area contributed by atoms with E-state index in [-0.39, 0.29) is 6.42 Å². The first kappa shape index (κ1) is 34.3. The Hall–Kier alpha value is -0.830. The van der Waals surface area contributed by atoms with E-state index in [2.05, 4.69) is 39.8 Å². The highest BCUT2D eigenvalue weighted by atomic mass is 16.4. The SMILES string of the molecule is CCCCCCCC/C=C\CCCCCCCC(=O)[O-].CCCC[NH+](CCCC)CCCC. The Morgan fingerprint density at radius 3 is 1.30 bits per heavy atom. The monoisotopic (exact) mass is 467 g/mol. The fourth-order valence-corrected chi connectivity index (χ4v) is 4.00. The third-order valence-corrected chi connectivity index (χ3v) is 6.29. The van der Waals surface area contributed by atoms with Gasteiger partial charge in [0.2, 0.25) is 0 Å². The van der Waals surface area contributed by atoms with E-state index in [4.69, 9.17) is 0 Å². The van der Waals surface area contributed by atoms with Gasteiger partial charge in [-0.15, -0.1) is 0 Å². The number of aliphatic carboxylic acids is 1. The molecule has 0 bridgehead atoms. The Balaban J connectivity index is 0. The van der Waals surface area contributed by atoms with Crippen molar-refractivity contribution in [3.05, 3.63) is 12.2 Å². The minimum atomic E-state index is -0.914. The smallest absolute Gasteiger partial charge is 0.0770 e. The molecule has 0 amide bonds. The van der Waals surface area contributed by atoms with E-state index in [1.165, 1.54) is 122 Å². The van der Waals surface area contributed by atoms with Crippen molar-refractivity contribution in [2.24, 2.45) is 0 Å². The number of hydrogen-bond acceptors (Lipinski definition) is 2. The molecule has 0 aliphatic heterocycles. The second-order valence-corrected chi connectivity index (χ2v) is 9.77. The third kappa shape index (κ3) is 33.4. The molecule has 0 fully saturated rings. The van der Waals surface area contributed by atoms with Gasteiger partial charge in [-0.05, 0) is 57.8 Å². The summed E-state index contributed by atoms with van der Waals surface area (Å²) in [4.78, 5) is 12.1. The molecule has 0 saturated carbocycles. The van der Waals surface area contributed by atoms with E-state index in [0.717, 1.165) is 19.3 Å². The van der Waals surface area contributed by atoms with Gasteiger partial charge in [0.05, 0.1) is 19.6 Å². The van der Waals surface area contributed by atoms with Crippen molar-refractivity contribution >= 4 is 5.97 Å². The van der Waals surface area contributed by atoms with Crippen LogP contribution in [0.3, 0.4) is 0 Å². The molecule has 198 valence electrons. The molecule has 0 spiro atoms. The van der Waals surface area contributed by atoms with Crippen LogP contribution >= 0.6 is 0 Å². The molecule has 0 atom stereocenters. The number of allylic oxidation sites excluding steroid dienone is 2. The zero-order valence-corrected chi connectivity index (χ0v) is 23.2. The lowest BCUT2D eigenvalue weighted by Crippen LogP contribution is -3.12. The second kappa shape index (κ2) is 31.2. The first-order valence-corrected chi connectivity index (χ1v) is 14.8. The van der Waals surface area contributed by atoms with Gasteiger partial charge in [-0.25, -0.2) is 0 Å². The molecule has 1 N–H and O–H groups in total. The fourth-order valence-electron chi connectivity index (χ4n) is 4.00. The predicted octanol–water partition coefficient (Wildman–Crippen LogP) is 7.05. The first-order chi connectivity index (χ1) is 16.1. The molecule has 0 aliphatic rings. The minimum absolute atomic E-state index is 0.220. The molecule has 33 heavy (non-hydrogen) atoms. The molecule has 0 rings (SSSR count). The van der Waals surface area contributed by atoms with Crippen LogP contribution in [-0.2, 0) is 4.79 Å². The van der Waals surface area contributed by atoms with Crippen molar-refractivity contribution < 1.29 is 14.8 Å². The molecule has 0 aromatic carbocycles. The van der Waals surface area contributed by atoms with E-state index in [9.17, 15) is 9.90 Å². The molecule has 3 nitrogen and oxygen atoms in total. The Kier molecular flexibility index (Phi) is 32.4. The first-order valence-electron chi connectivity index (χ1n) is 14.8. The summed E-state index contributed by atoms with van der Waals surface area (Å²) in [5, 5.41) is 10.2. The third-order valence-electron chi connectivity index (χ3n) is 6.29. The van der Waals surface area contributed by atoms with Crippen molar-refractivity contribution in [3.8, 4) is 0 Å². The van der Waals surface area contributed by atoms with Crippen molar-refractivity contribution in [2.45, 2.75) is 156 Å². The maximum absolute atomic E-state index is 10.2. The van der Waals surface area contributed by atoms with Crippen LogP contribution in [0, 0.1) is 0 Å². The van der Waals surface area contributed by atoms with Crippen LogP contribution in [0.15, 0.2) is 12.2 Å². The van der Waals surface area contributed by atoms with Crippen molar-refractivity contribution in [1.82, 2.24) is 0 Å². The van der Waals surface area contributed by atoms with Crippen LogP contribution < -0.4 is 10.0 Å². The van der Waals surface area contributed by atoms with Gasteiger partial charge in [0.1, 0.15) is 0 Å². The van der Waals surface area contributed by atoms with E-state index < -0.39 is 5.97 Å². The van der Waals surface area contributed by atoms with Gasteiger partial charge < -0.3 is 14.8 Å². The standard InChI is InChI=1S/C18H34O2.C12H27N/c1-2-3-4-5-6-7-8-9-10-11-12-13-14-15-16-17-18(19)20;1-4-7-10-13(11-8-5-2)12-9-6-3/h9-10H,2-8,11-17H2,1H3,(H,19,20);4-12H2,1-3H3/b10-9-;. The number of rotatable bonds is 24. The molecule has 0 saturated heterocycles. The Morgan fingerprint density at radius 2 is 0.909 bits per heavy atom. The zero-order chi connectivity index (χ0) is 24.8. The lowest BCUT2D eigenvalue weighted by molar-refractivity contribution is -0.900. The molecule has 0 aliphatic carbocycles. The van der Waals surface area contributed by atoms with Crippen LogP contribution in [0.2, 0.25) is 0 Å². The molecule has 0 unspecified atom stereocenters. The number of carbonyl (C=O) groups excluding carboxylic acids is 1. The lowest BCUT2D eigenvalue weighted by Gasteiger charge is -2.18. The highest BCUT2D eigenvalue weighted by Gasteiger charge is 2.05. The van der Waals surface area contributed by atoms with Gasteiger partial charge in [0, 0.05) is 5.97 Å². The van der Waals surface area contributed by atoms with Crippen molar-refractivity contribution in [1.29, 1.82) is 0 Å². The van der Waals surface area contributed by atoms with Crippen LogP contribution in [0.25, 0.3) is 0 Å². The van der Waals surface area contributed by atoms with Crippen LogP contribution in [0.1, 0.15) is 156 Å². The highest BCUT2D eigenvalue weighted by molar-refractivity contribution is 5.63. The normalized spacial score (nSPS) is 11.2. The van der Waals surface area contributed by atoms with Crippen molar-refractivity contribution in [2.75, 3.05) is 19.6 Å². The van der Waals surface area contributed by atoms with Gasteiger partial charge in [0.15, 0.2) is 0 Å². The van der Waals surface area contributed by atoms with E-state index in [1.807, 2.05) is 4.90 Å². The van der Waals surface area contributed by atoms with Crippen LogP contribution in [-0.4, -0.2) is 25.6 Å². The maximum atomic E-state index is 10.2. The molecule has 3 heteroatoms. The summed E-state index contributed by atoms with van der Waals surface area (Å²) >= 11 is 0. The summed E-state index contributed by atoms with van der Waals surface area (Å²) in [5.41, 5.74) is 0. The molecular formula is C30H61NO2. The lowest BCUT2D eigenvalue weighted by atomic mass is 10.1. The Morgan fingerprint density at radius 1 is 0.545 bits per heavy atom. The fraction of sp³-hybridized carbons (Fsp3) is 0.900. The van der Waals surface area contributed by atoms with Crippen LogP contribution in [0.4, 0.5) is 0 Å². The van der Waals surface area contributed by atoms with Gasteiger partial charge in [0.25, 0.3) is 0 Å². The van der Waals surface area contributed by atoms with Gasteiger partial charge >= 0.3 is 0 Å². The number of nitrogens with one attached hydrogen (secondary N) is 1. The van der Waals surface area contributed by atoms with Crippen LogP contribution in [0.5, 0.6) is 0 Å². The summed E-state index contributed by atoms with van der Waals surface area (Å²) in [5.74, 6) is -0.914. The summed E-state index contributed by atoms with van der Waals surface area (Å²) in [7, 11) is 0. The number of hydrogen-bond donors (Lipinski definition) is 1. The predicted molar refractivity (Wildman–Crippen MR) is 145 cm³/mol. The molecule has 0 aromatic rings. The summed E-state index contributed by atoms with van der Waals surface area (Å²) < 4.78 is 0. The topological polar surface area (TPSA) is 44.6 Å². The Bertz CT molecular complexity index is 376. The molecular weight excluding hydrogens is 406 g/mol. The average molecular weight is 468 g/mol. The van der Waals surface area contributed by atoms with E-state index in [1.54, 1.807) is 0 Å². The minimum Gasteiger partial charge on any atom is -0.550 e.